The van der Waals surface area contributed by atoms with Gasteiger partial charge in [0.05, 0.1) is 13.2 Å². The largest absolute Gasteiger partial charge is 0.379 e. The molecule has 5 rings (SSSR count). The first-order valence-corrected chi connectivity index (χ1v) is 18.4. The predicted octanol–water partition coefficient (Wildman–Crippen LogP) is 5.36. The summed E-state index contributed by atoms with van der Waals surface area (Å²) in [5.74, 6) is 0.958. The first kappa shape index (κ1) is 39.7. The Morgan fingerprint density at radius 1 is 0.667 bits per heavy atom. The molecule has 2 bridgehead atoms. The van der Waals surface area contributed by atoms with E-state index in [1.54, 1.807) is 0 Å². The number of fused-ring (bicyclic) bond motifs is 2. The van der Waals surface area contributed by atoms with Gasteiger partial charge in [-0.05, 0) is 91.9 Å². The van der Waals surface area contributed by atoms with Gasteiger partial charge in [-0.1, -0.05) is 41.5 Å². The average Bonchev–Trinajstić information content (AvgIpc) is 3.25. The monoisotopic (exact) mass is 597 g/mol. The van der Waals surface area contributed by atoms with Crippen molar-refractivity contribution in [1.82, 2.24) is 29.8 Å². The summed E-state index contributed by atoms with van der Waals surface area (Å²) in [5.41, 5.74) is 0. The summed E-state index contributed by atoms with van der Waals surface area (Å²) in [6.07, 6.45) is 6.94. The summed E-state index contributed by atoms with van der Waals surface area (Å²) in [4.78, 5) is 13.1. The van der Waals surface area contributed by atoms with Crippen molar-refractivity contribution in [1.29, 1.82) is 0 Å². The smallest absolute Gasteiger partial charge is 0.0594 e. The van der Waals surface area contributed by atoms with E-state index < -0.39 is 0 Å². The zero-order valence-corrected chi connectivity index (χ0v) is 30.2. The molecule has 5 aliphatic rings. The third-order valence-corrected chi connectivity index (χ3v) is 9.55. The fourth-order valence-corrected chi connectivity index (χ4v) is 6.84. The molecule has 2 unspecified atom stereocenters. The Kier molecular flexibility index (Phi) is 22.7. The topological polar surface area (TPSA) is 37.5 Å². The van der Waals surface area contributed by atoms with E-state index in [4.69, 9.17) is 4.74 Å². The van der Waals surface area contributed by atoms with Gasteiger partial charge in [-0.3, -0.25) is 19.6 Å². The molecule has 5 aliphatic heterocycles. The molecule has 5 saturated heterocycles. The molecular weight excluding hydrogens is 520 g/mol. The Hall–Kier alpha value is -0.280. The second-order valence-electron chi connectivity index (χ2n) is 12.8. The van der Waals surface area contributed by atoms with Gasteiger partial charge in [0, 0.05) is 83.1 Å². The minimum atomic E-state index is 0.731. The summed E-state index contributed by atoms with van der Waals surface area (Å²) in [7, 11) is 0. The van der Waals surface area contributed by atoms with Crippen LogP contribution in [0.1, 0.15) is 101 Å². The van der Waals surface area contributed by atoms with Crippen LogP contribution in [0.25, 0.3) is 0 Å². The number of rotatable bonds is 7. The maximum atomic E-state index is 5.20. The standard InChI is InChI=1S/C15H29N3.C9H20N2.C7H15NO.2C2H6/c1-12(2)17-10-14-3-4-15(11-17)18(14)9-13-5-7-16-8-6-13;1-4-10-5-7-11(8-6-10)9(2)3;1-2-3-8-4-6-9-7-5-8;2*1-2/h12-16H,3-11H2,1-2H3;9H,4-8H2,1-3H3;2-7H2,1H3;2*1-2H3. The third-order valence-electron chi connectivity index (χ3n) is 9.55. The molecule has 0 aromatic heterocycles. The van der Waals surface area contributed by atoms with Crippen LogP contribution in [-0.4, -0.2) is 147 Å². The van der Waals surface area contributed by atoms with Gasteiger partial charge < -0.3 is 15.0 Å². The second-order valence-corrected chi connectivity index (χ2v) is 12.8. The number of likely N-dealkylation sites (N-methyl/N-ethyl adjacent to an activating group) is 1. The minimum Gasteiger partial charge on any atom is -0.379 e. The summed E-state index contributed by atoms with van der Waals surface area (Å²) >= 11 is 0. The summed E-state index contributed by atoms with van der Waals surface area (Å²) < 4.78 is 5.20. The molecule has 0 aliphatic carbocycles. The lowest BCUT2D eigenvalue weighted by molar-refractivity contribution is 0.0354. The number of likely N-dealkylation sites (tertiary alicyclic amines) is 1. The van der Waals surface area contributed by atoms with E-state index in [0.717, 1.165) is 56.4 Å². The lowest BCUT2D eigenvalue weighted by Crippen LogP contribution is -2.56. The molecule has 252 valence electrons. The highest BCUT2D eigenvalue weighted by Crippen LogP contribution is 2.32. The molecule has 7 nitrogen and oxygen atoms in total. The van der Waals surface area contributed by atoms with E-state index in [0.29, 0.717) is 0 Å². The number of nitrogens with zero attached hydrogens (tertiary/aromatic N) is 5. The highest BCUT2D eigenvalue weighted by atomic mass is 16.5. The minimum absolute atomic E-state index is 0.731. The normalized spacial score (nSPS) is 26.3. The van der Waals surface area contributed by atoms with E-state index in [9.17, 15) is 0 Å². The van der Waals surface area contributed by atoms with E-state index in [1.807, 2.05) is 27.7 Å². The van der Waals surface area contributed by atoms with Crippen molar-refractivity contribution in [3.8, 4) is 0 Å². The van der Waals surface area contributed by atoms with Crippen molar-refractivity contribution < 1.29 is 4.74 Å². The number of nitrogens with one attached hydrogen (secondary N) is 1. The molecular formula is C35H76N6O. The van der Waals surface area contributed by atoms with Crippen molar-refractivity contribution in [2.75, 3.05) is 98.3 Å². The van der Waals surface area contributed by atoms with Gasteiger partial charge in [0.15, 0.2) is 0 Å². The third kappa shape index (κ3) is 14.7. The SMILES string of the molecule is CC.CC.CC(C)N1CC2CCC(C1)N2CC1CCNCC1.CCCN1CCOCC1.CCN1CCN(C(C)C)CC1. The Labute approximate surface area is 264 Å². The molecule has 5 fully saturated rings. The van der Waals surface area contributed by atoms with Crippen molar-refractivity contribution >= 4 is 0 Å². The summed E-state index contributed by atoms with van der Waals surface area (Å²) in [6.45, 7) is 39.8. The van der Waals surface area contributed by atoms with E-state index in [1.165, 1.54) is 104 Å². The number of piperidine rings is 1. The summed E-state index contributed by atoms with van der Waals surface area (Å²) in [6, 6.07) is 3.19. The van der Waals surface area contributed by atoms with E-state index in [-0.39, 0.29) is 0 Å². The van der Waals surface area contributed by atoms with Crippen LogP contribution in [0.2, 0.25) is 0 Å². The van der Waals surface area contributed by atoms with Crippen molar-refractivity contribution in [2.45, 2.75) is 126 Å². The Balaban J connectivity index is 0.000000317. The van der Waals surface area contributed by atoms with Gasteiger partial charge in [0.1, 0.15) is 0 Å². The molecule has 5 heterocycles. The second kappa shape index (κ2) is 24.0. The first-order valence-electron chi connectivity index (χ1n) is 18.4. The maximum Gasteiger partial charge on any atom is 0.0594 e. The molecule has 0 spiro atoms. The summed E-state index contributed by atoms with van der Waals surface area (Å²) in [5, 5.41) is 3.49. The van der Waals surface area contributed by atoms with Gasteiger partial charge in [-0.15, -0.1) is 0 Å². The van der Waals surface area contributed by atoms with Crippen LogP contribution in [0.4, 0.5) is 0 Å². The Morgan fingerprint density at radius 2 is 1.19 bits per heavy atom. The van der Waals surface area contributed by atoms with Crippen LogP contribution in [0, 0.1) is 5.92 Å². The number of hydrogen-bond acceptors (Lipinski definition) is 7. The van der Waals surface area contributed by atoms with Gasteiger partial charge in [-0.2, -0.15) is 0 Å². The molecule has 0 amide bonds. The van der Waals surface area contributed by atoms with Gasteiger partial charge >= 0.3 is 0 Å². The zero-order chi connectivity index (χ0) is 31.3. The van der Waals surface area contributed by atoms with E-state index >= 15 is 0 Å². The molecule has 7 heteroatoms. The van der Waals surface area contributed by atoms with Crippen molar-refractivity contribution in [2.24, 2.45) is 5.92 Å². The number of morpholine rings is 1. The van der Waals surface area contributed by atoms with Crippen LogP contribution in [0.5, 0.6) is 0 Å². The quantitative estimate of drug-likeness (QED) is 0.424. The van der Waals surface area contributed by atoms with Crippen LogP contribution < -0.4 is 5.32 Å². The zero-order valence-electron chi connectivity index (χ0n) is 30.2. The van der Waals surface area contributed by atoms with E-state index in [2.05, 4.69) is 71.4 Å². The van der Waals surface area contributed by atoms with Crippen LogP contribution in [0.3, 0.4) is 0 Å². The number of ether oxygens (including phenoxy) is 1. The number of piperazine rings is 2. The van der Waals surface area contributed by atoms with Crippen molar-refractivity contribution in [3.63, 3.8) is 0 Å². The Morgan fingerprint density at radius 3 is 1.64 bits per heavy atom. The van der Waals surface area contributed by atoms with Gasteiger partial charge in [0.25, 0.3) is 0 Å². The number of hydrogen-bond donors (Lipinski definition) is 1. The van der Waals surface area contributed by atoms with Gasteiger partial charge in [0.2, 0.25) is 0 Å². The highest BCUT2D eigenvalue weighted by molar-refractivity contribution is 4.97. The van der Waals surface area contributed by atoms with Crippen molar-refractivity contribution in [3.05, 3.63) is 0 Å². The fourth-order valence-electron chi connectivity index (χ4n) is 6.84. The lowest BCUT2D eigenvalue weighted by atomic mass is 9.96. The molecule has 0 radical (unpaired) electrons. The van der Waals surface area contributed by atoms with Crippen LogP contribution in [0.15, 0.2) is 0 Å². The molecule has 1 N–H and O–H groups in total. The lowest BCUT2D eigenvalue weighted by Gasteiger charge is -2.44. The average molecular weight is 597 g/mol. The molecule has 0 saturated carbocycles. The maximum absolute atomic E-state index is 5.20. The fraction of sp³-hybridized carbons (Fsp3) is 1.00. The highest BCUT2D eigenvalue weighted by Gasteiger charge is 2.41. The predicted molar refractivity (Wildman–Crippen MR) is 185 cm³/mol. The van der Waals surface area contributed by atoms with Gasteiger partial charge in [-0.25, -0.2) is 0 Å². The van der Waals surface area contributed by atoms with Crippen LogP contribution in [-0.2, 0) is 4.74 Å². The molecule has 2 atom stereocenters. The first-order chi connectivity index (χ1) is 20.4. The molecule has 0 aromatic carbocycles. The molecule has 42 heavy (non-hydrogen) atoms. The van der Waals surface area contributed by atoms with Crippen LogP contribution >= 0.6 is 0 Å². The molecule has 0 aromatic rings. The Bertz CT molecular complexity index is 584.